The highest BCUT2D eigenvalue weighted by atomic mass is 16.5. The summed E-state index contributed by atoms with van der Waals surface area (Å²) < 4.78 is 10.7. The van der Waals surface area contributed by atoms with E-state index in [0.717, 1.165) is 19.6 Å². The van der Waals surface area contributed by atoms with Gasteiger partial charge in [0.25, 0.3) is 0 Å². The Morgan fingerprint density at radius 2 is 2.06 bits per heavy atom. The molecule has 3 nitrogen and oxygen atoms in total. The third-order valence-electron chi connectivity index (χ3n) is 3.27. The van der Waals surface area contributed by atoms with E-state index in [-0.39, 0.29) is 0 Å². The first-order valence-electron chi connectivity index (χ1n) is 6.59. The molecule has 1 aliphatic heterocycles. The number of ether oxygens (including phenoxy) is 2. The Kier molecular flexibility index (Phi) is 7.01. The van der Waals surface area contributed by atoms with Crippen LogP contribution in [0.2, 0.25) is 0 Å². The van der Waals surface area contributed by atoms with Crippen molar-refractivity contribution < 1.29 is 9.47 Å². The van der Waals surface area contributed by atoms with Gasteiger partial charge in [0.1, 0.15) is 0 Å². The Morgan fingerprint density at radius 3 is 2.69 bits per heavy atom. The lowest BCUT2D eigenvalue weighted by Gasteiger charge is -2.21. The maximum Gasteiger partial charge on any atom is 0.0576 e. The number of nitrogens with one attached hydrogen (secondary N) is 1. The summed E-state index contributed by atoms with van der Waals surface area (Å²) in [7, 11) is 1.76. The van der Waals surface area contributed by atoms with Gasteiger partial charge in [0.15, 0.2) is 0 Å². The molecule has 1 fully saturated rings. The van der Waals surface area contributed by atoms with E-state index in [0.29, 0.717) is 18.2 Å². The third kappa shape index (κ3) is 5.83. The summed E-state index contributed by atoms with van der Waals surface area (Å²) in [6.45, 7) is 6.29. The summed E-state index contributed by atoms with van der Waals surface area (Å²) in [4.78, 5) is 0. The van der Waals surface area contributed by atoms with E-state index < -0.39 is 0 Å². The molecule has 1 heterocycles. The van der Waals surface area contributed by atoms with Crippen molar-refractivity contribution in [2.45, 2.75) is 64.1 Å². The molecule has 0 aromatic carbocycles. The molecule has 3 heteroatoms. The summed E-state index contributed by atoms with van der Waals surface area (Å²) in [5.41, 5.74) is 0. The second-order valence-electron chi connectivity index (χ2n) is 4.96. The van der Waals surface area contributed by atoms with Crippen molar-refractivity contribution in [2.24, 2.45) is 0 Å². The minimum absolute atomic E-state index is 0.526. The second kappa shape index (κ2) is 8.04. The van der Waals surface area contributed by atoms with Gasteiger partial charge < -0.3 is 14.8 Å². The maximum absolute atomic E-state index is 5.63. The van der Waals surface area contributed by atoms with Crippen LogP contribution in [0.3, 0.4) is 0 Å². The summed E-state index contributed by atoms with van der Waals surface area (Å²) in [5.74, 6) is 0. The van der Waals surface area contributed by atoms with Crippen LogP contribution in [0.15, 0.2) is 0 Å². The lowest BCUT2D eigenvalue weighted by molar-refractivity contribution is 0.0994. The molecule has 0 saturated carbocycles. The van der Waals surface area contributed by atoms with Crippen molar-refractivity contribution in [1.82, 2.24) is 5.32 Å². The monoisotopic (exact) mass is 229 g/mol. The SMILES string of the molecule is COCCC(C)NC(C)CCC1CCCO1. The first kappa shape index (κ1) is 13.9. The van der Waals surface area contributed by atoms with E-state index in [1.165, 1.54) is 25.7 Å². The molecular weight excluding hydrogens is 202 g/mol. The Labute approximate surface area is 99.9 Å². The van der Waals surface area contributed by atoms with Crippen molar-refractivity contribution in [3.8, 4) is 0 Å². The van der Waals surface area contributed by atoms with Crippen LogP contribution < -0.4 is 5.32 Å². The molecule has 1 rings (SSSR count). The van der Waals surface area contributed by atoms with Gasteiger partial charge in [-0.2, -0.15) is 0 Å². The minimum Gasteiger partial charge on any atom is -0.385 e. The highest BCUT2D eigenvalue weighted by Crippen LogP contribution is 2.17. The van der Waals surface area contributed by atoms with Gasteiger partial charge in [-0.15, -0.1) is 0 Å². The van der Waals surface area contributed by atoms with Crippen LogP contribution in [0.25, 0.3) is 0 Å². The van der Waals surface area contributed by atoms with Crippen LogP contribution in [0.4, 0.5) is 0 Å². The highest BCUT2D eigenvalue weighted by Gasteiger charge is 2.16. The summed E-state index contributed by atoms with van der Waals surface area (Å²) in [5, 5.41) is 3.60. The standard InChI is InChI=1S/C13H27NO2/c1-11(14-12(2)8-10-15-3)6-7-13-5-4-9-16-13/h11-14H,4-10H2,1-3H3. The summed E-state index contributed by atoms with van der Waals surface area (Å²) >= 11 is 0. The predicted molar refractivity (Wildman–Crippen MR) is 66.8 cm³/mol. The van der Waals surface area contributed by atoms with Gasteiger partial charge in [-0.05, 0) is 46.0 Å². The predicted octanol–water partition coefficient (Wildman–Crippen LogP) is 2.35. The Balaban J connectivity index is 2.02. The molecule has 0 bridgehead atoms. The normalized spacial score (nSPS) is 24.6. The van der Waals surface area contributed by atoms with Gasteiger partial charge in [-0.1, -0.05) is 0 Å². The molecule has 0 amide bonds. The Morgan fingerprint density at radius 1 is 1.31 bits per heavy atom. The van der Waals surface area contributed by atoms with Crippen molar-refractivity contribution >= 4 is 0 Å². The van der Waals surface area contributed by atoms with E-state index in [1.807, 2.05) is 0 Å². The number of methoxy groups -OCH3 is 1. The fraction of sp³-hybridized carbons (Fsp3) is 1.00. The average Bonchev–Trinajstić information content (AvgIpc) is 2.76. The molecule has 96 valence electrons. The third-order valence-corrected chi connectivity index (χ3v) is 3.27. The van der Waals surface area contributed by atoms with E-state index in [9.17, 15) is 0 Å². The van der Waals surface area contributed by atoms with E-state index in [4.69, 9.17) is 9.47 Å². The quantitative estimate of drug-likeness (QED) is 0.693. The first-order valence-corrected chi connectivity index (χ1v) is 6.59. The largest absolute Gasteiger partial charge is 0.385 e. The van der Waals surface area contributed by atoms with Crippen molar-refractivity contribution in [1.29, 1.82) is 0 Å². The lowest BCUT2D eigenvalue weighted by atomic mass is 10.1. The van der Waals surface area contributed by atoms with Gasteiger partial charge in [-0.3, -0.25) is 0 Å². The summed E-state index contributed by atoms with van der Waals surface area (Å²) in [6.07, 6.45) is 6.52. The molecule has 1 N–H and O–H groups in total. The Hall–Kier alpha value is -0.120. The number of hydrogen-bond donors (Lipinski definition) is 1. The van der Waals surface area contributed by atoms with Crippen LogP contribution in [-0.2, 0) is 9.47 Å². The average molecular weight is 229 g/mol. The van der Waals surface area contributed by atoms with Gasteiger partial charge in [-0.25, -0.2) is 0 Å². The second-order valence-corrected chi connectivity index (χ2v) is 4.96. The molecule has 1 aliphatic rings. The highest BCUT2D eigenvalue weighted by molar-refractivity contribution is 4.71. The molecule has 0 radical (unpaired) electrons. The van der Waals surface area contributed by atoms with Crippen molar-refractivity contribution in [2.75, 3.05) is 20.3 Å². The fourth-order valence-corrected chi connectivity index (χ4v) is 2.25. The van der Waals surface area contributed by atoms with Gasteiger partial charge >= 0.3 is 0 Å². The van der Waals surface area contributed by atoms with Crippen LogP contribution in [0.1, 0.15) is 46.0 Å². The molecule has 0 aliphatic carbocycles. The van der Waals surface area contributed by atoms with Crippen LogP contribution in [-0.4, -0.2) is 38.5 Å². The Bertz CT molecular complexity index is 169. The zero-order valence-electron chi connectivity index (χ0n) is 11.0. The molecule has 3 atom stereocenters. The zero-order chi connectivity index (χ0) is 11.8. The van der Waals surface area contributed by atoms with E-state index >= 15 is 0 Å². The van der Waals surface area contributed by atoms with Crippen molar-refractivity contribution in [3.63, 3.8) is 0 Å². The molecular formula is C13H27NO2. The van der Waals surface area contributed by atoms with Crippen LogP contribution in [0, 0.1) is 0 Å². The molecule has 3 unspecified atom stereocenters. The van der Waals surface area contributed by atoms with Crippen LogP contribution in [0.5, 0.6) is 0 Å². The van der Waals surface area contributed by atoms with Gasteiger partial charge in [0, 0.05) is 32.4 Å². The minimum atomic E-state index is 0.526. The molecule has 0 aromatic rings. The van der Waals surface area contributed by atoms with Crippen molar-refractivity contribution in [3.05, 3.63) is 0 Å². The molecule has 1 saturated heterocycles. The van der Waals surface area contributed by atoms with Crippen LogP contribution >= 0.6 is 0 Å². The lowest BCUT2D eigenvalue weighted by Crippen LogP contribution is -2.35. The number of hydrogen-bond acceptors (Lipinski definition) is 3. The van der Waals surface area contributed by atoms with E-state index in [1.54, 1.807) is 7.11 Å². The first-order chi connectivity index (χ1) is 7.72. The smallest absolute Gasteiger partial charge is 0.0576 e. The van der Waals surface area contributed by atoms with Gasteiger partial charge in [0.2, 0.25) is 0 Å². The topological polar surface area (TPSA) is 30.5 Å². The molecule has 0 spiro atoms. The maximum atomic E-state index is 5.63. The molecule has 0 aromatic heterocycles. The molecule has 16 heavy (non-hydrogen) atoms. The van der Waals surface area contributed by atoms with Gasteiger partial charge in [0.05, 0.1) is 6.10 Å². The zero-order valence-corrected chi connectivity index (χ0v) is 11.0. The van der Waals surface area contributed by atoms with E-state index in [2.05, 4.69) is 19.2 Å². The fourth-order valence-electron chi connectivity index (χ4n) is 2.25. The summed E-state index contributed by atoms with van der Waals surface area (Å²) in [6, 6.07) is 1.12. The number of rotatable bonds is 8.